The third-order valence-corrected chi connectivity index (χ3v) is 3.01. The number of nitrogens with zero attached hydrogens (tertiary/aromatic N) is 4. The Kier molecular flexibility index (Phi) is 4.74. The number of halogens is 4. The lowest BCUT2D eigenvalue weighted by molar-refractivity contribution is -0.144. The summed E-state index contributed by atoms with van der Waals surface area (Å²) in [6.07, 6.45) is -4.60. The van der Waals surface area contributed by atoms with Crippen molar-refractivity contribution < 1.29 is 13.2 Å². The Hall–Kier alpha value is -2.35. The molecule has 0 unspecified atom stereocenters. The van der Waals surface area contributed by atoms with E-state index in [2.05, 4.69) is 20.4 Å². The van der Waals surface area contributed by atoms with Crippen LogP contribution in [0.4, 0.5) is 19.0 Å². The van der Waals surface area contributed by atoms with E-state index in [1.54, 1.807) is 13.0 Å². The van der Waals surface area contributed by atoms with Crippen molar-refractivity contribution in [2.75, 3.05) is 5.32 Å². The molecule has 1 aromatic carbocycles. The van der Waals surface area contributed by atoms with Crippen molar-refractivity contribution >= 4 is 24.0 Å². The monoisotopic (exact) mass is 343 g/mol. The van der Waals surface area contributed by atoms with Crippen molar-refractivity contribution in [1.82, 2.24) is 19.6 Å². The fourth-order valence-corrected chi connectivity index (χ4v) is 2.02. The van der Waals surface area contributed by atoms with Crippen LogP contribution in [-0.4, -0.2) is 19.6 Å². The number of fused-ring (bicyclic) bond motifs is 1. The predicted molar refractivity (Wildman–Crippen MR) is 81.5 cm³/mol. The molecule has 0 aliphatic rings. The first-order valence-electron chi connectivity index (χ1n) is 6.53. The minimum Gasteiger partial charge on any atom is -0.366 e. The Bertz CT molecular complexity index is 801. The molecule has 5 nitrogen and oxygen atoms in total. The highest BCUT2D eigenvalue weighted by molar-refractivity contribution is 5.85. The van der Waals surface area contributed by atoms with E-state index in [0.717, 1.165) is 10.1 Å². The number of nitrogens with one attached hydrogen (secondary N) is 1. The second-order valence-corrected chi connectivity index (χ2v) is 4.77. The Morgan fingerprint density at radius 3 is 2.48 bits per heavy atom. The molecule has 2 aromatic heterocycles. The van der Waals surface area contributed by atoms with Crippen molar-refractivity contribution in [3.63, 3.8) is 0 Å². The van der Waals surface area contributed by atoms with Crippen LogP contribution in [0.5, 0.6) is 0 Å². The molecular weight excluding hydrogens is 331 g/mol. The third-order valence-electron chi connectivity index (χ3n) is 3.01. The maximum absolute atomic E-state index is 12.7. The van der Waals surface area contributed by atoms with Crippen LogP contribution in [-0.2, 0) is 12.7 Å². The van der Waals surface area contributed by atoms with Crippen molar-refractivity contribution in [2.45, 2.75) is 19.6 Å². The largest absolute Gasteiger partial charge is 0.453 e. The lowest BCUT2D eigenvalue weighted by atomic mass is 10.2. The van der Waals surface area contributed by atoms with E-state index in [4.69, 9.17) is 0 Å². The van der Waals surface area contributed by atoms with E-state index in [9.17, 15) is 13.2 Å². The second kappa shape index (κ2) is 6.41. The Labute approximate surface area is 136 Å². The molecule has 0 aliphatic heterocycles. The van der Waals surface area contributed by atoms with Crippen LogP contribution < -0.4 is 5.32 Å². The van der Waals surface area contributed by atoms with E-state index < -0.39 is 12.0 Å². The molecule has 122 valence electrons. The van der Waals surface area contributed by atoms with Crippen LogP contribution in [0.2, 0.25) is 0 Å². The molecule has 0 atom stereocenters. The van der Waals surface area contributed by atoms with E-state index >= 15 is 0 Å². The van der Waals surface area contributed by atoms with Gasteiger partial charge in [-0.25, -0.2) is 4.98 Å². The topological polar surface area (TPSA) is 55.1 Å². The highest BCUT2D eigenvalue weighted by atomic mass is 35.5. The molecule has 0 saturated heterocycles. The van der Waals surface area contributed by atoms with Crippen molar-refractivity contribution in [1.29, 1.82) is 0 Å². The van der Waals surface area contributed by atoms with Gasteiger partial charge in [0.25, 0.3) is 11.6 Å². The summed E-state index contributed by atoms with van der Waals surface area (Å²) < 4.78 is 39.2. The highest BCUT2D eigenvalue weighted by Gasteiger charge is 2.36. The van der Waals surface area contributed by atoms with Gasteiger partial charge < -0.3 is 5.32 Å². The Morgan fingerprint density at radius 2 is 1.83 bits per heavy atom. The summed E-state index contributed by atoms with van der Waals surface area (Å²) in [5.74, 6) is -0.870. The molecule has 0 spiro atoms. The molecule has 2 heterocycles. The number of hydrogen-bond acceptors (Lipinski definition) is 4. The molecule has 0 bridgehead atoms. The SMILES string of the molecule is Cc1cc(NCc2ccccc2)n2nc(C(F)(F)F)nc2n1.Cl. The number of hydrogen-bond donors (Lipinski definition) is 1. The summed E-state index contributed by atoms with van der Waals surface area (Å²) in [6.45, 7) is 2.15. The first kappa shape index (κ1) is 17.0. The highest BCUT2D eigenvalue weighted by Crippen LogP contribution is 2.27. The summed E-state index contributed by atoms with van der Waals surface area (Å²) in [6, 6.07) is 11.1. The summed E-state index contributed by atoms with van der Waals surface area (Å²) in [4.78, 5) is 7.41. The second-order valence-electron chi connectivity index (χ2n) is 4.77. The Morgan fingerprint density at radius 1 is 1.13 bits per heavy atom. The summed E-state index contributed by atoms with van der Waals surface area (Å²) >= 11 is 0. The van der Waals surface area contributed by atoms with Crippen molar-refractivity contribution in [3.8, 4) is 0 Å². The molecule has 0 saturated carbocycles. The maximum Gasteiger partial charge on any atom is 0.453 e. The summed E-state index contributed by atoms with van der Waals surface area (Å²) in [5.41, 5.74) is 1.56. The van der Waals surface area contributed by atoms with Crippen molar-refractivity contribution in [3.05, 3.63) is 53.5 Å². The van der Waals surface area contributed by atoms with E-state index in [0.29, 0.717) is 18.1 Å². The number of aryl methyl sites for hydroxylation is 1. The molecule has 0 radical (unpaired) electrons. The van der Waals surface area contributed by atoms with Crippen LogP contribution in [0.15, 0.2) is 36.4 Å². The number of alkyl halides is 3. The van der Waals surface area contributed by atoms with E-state index in [1.807, 2.05) is 30.3 Å². The van der Waals surface area contributed by atoms with Gasteiger partial charge >= 0.3 is 6.18 Å². The van der Waals surface area contributed by atoms with Gasteiger partial charge in [-0.05, 0) is 12.5 Å². The molecule has 9 heteroatoms. The number of aromatic nitrogens is 4. The van der Waals surface area contributed by atoms with Crippen LogP contribution in [0.3, 0.4) is 0 Å². The fraction of sp³-hybridized carbons (Fsp3) is 0.214. The fourth-order valence-electron chi connectivity index (χ4n) is 2.02. The molecule has 3 rings (SSSR count). The zero-order valence-corrected chi connectivity index (χ0v) is 12.8. The lowest BCUT2D eigenvalue weighted by Gasteiger charge is -2.08. The zero-order chi connectivity index (χ0) is 15.7. The average molecular weight is 344 g/mol. The van der Waals surface area contributed by atoms with Gasteiger partial charge in [-0.3, -0.25) is 0 Å². The van der Waals surface area contributed by atoms with Gasteiger partial charge in [0.15, 0.2) is 0 Å². The summed E-state index contributed by atoms with van der Waals surface area (Å²) in [7, 11) is 0. The number of benzene rings is 1. The average Bonchev–Trinajstić information content (AvgIpc) is 2.90. The van der Waals surface area contributed by atoms with Gasteiger partial charge in [-0.15, -0.1) is 17.5 Å². The van der Waals surface area contributed by atoms with Gasteiger partial charge in [0, 0.05) is 18.3 Å². The van der Waals surface area contributed by atoms with Gasteiger partial charge in [-0.1, -0.05) is 30.3 Å². The molecule has 0 aliphatic carbocycles. The van der Waals surface area contributed by atoms with Crippen LogP contribution in [0, 0.1) is 6.92 Å². The van der Waals surface area contributed by atoms with Gasteiger partial charge in [-0.2, -0.15) is 22.7 Å². The first-order chi connectivity index (χ1) is 10.4. The Balaban J connectivity index is 0.00000192. The number of anilines is 1. The van der Waals surface area contributed by atoms with Gasteiger partial charge in [0.05, 0.1) is 0 Å². The van der Waals surface area contributed by atoms with Gasteiger partial charge in [0.1, 0.15) is 5.82 Å². The zero-order valence-electron chi connectivity index (χ0n) is 12.0. The first-order valence-corrected chi connectivity index (χ1v) is 6.53. The van der Waals surface area contributed by atoms with Crippen molar-refractivity contribution in [2.24, 2.45) is 0 Å². The minimum atomic E-state index is -4.60. The van der Waals surface area contributed by atoms with Crippen LogP contribution in [0.1, 0.15) is 17.1 Å². The van der Waals surface area contributed by atoms with Crippen LogP contribution >= 0.6 is 12.4 Å². The standard InChI is InChI=1S/C14H12F3N5.ClH/c1-9-7-11(18-8-10-5-3-2-4-6-10)22-13(19-9)20-12(21-22)14(15,16)17;/h2-7,18H,8H2,1H3;1H. The molecule has 3 aromatic rings. The normalized spacial score (nSPS) is 11.3. The summed E-state index contributed by atoms with van der Waals surface area (Å²) in [5, 5.41) is 6.56. The molecule has 23 heavy (non-hydrogen) atoms. The predicted octanol–water partition coefficient (Wildman–Crippen LogP) is 3.49. The number of rotatable bonds is 3. The minimum absolute atomic E-state index is 0. The van der Waals surface area contributed by atoms with Crippen LogP contribution in [0.25, 0.3) is 5.78 Å². The molecular formula is C14H13ClF3N5. The maximum atomic E-state index is 12.7. The molecule has 1 N–H and O–H groups in total. The molecule has 0 fully saturated rings. The van der Waals surface area contributed by atoms with E-state index in [1.165, 1.54) is 0 Å². The molecule has 0 amide bonds. The third kappa shape index (κ3) is 3.70. The van der Waals surface area contributed by atoms with E-state index in [-0.39, 0.29) is 18.2 Å². The van der Waals surface area contributed by atoms with Gasteiger partial charge in [0.2, 0.25) is 0 Å². The lowest BCUT2D eigenvalue weighted by Crippen LogP contribution is -2.09. The smallest absolute Gasteiger partial charge is 0.366 e. The quantitative estimate of drug-likeness (QED) is 0.791.